The molecule has 0 saturated heterocycles. The molecule has 0 heterocycles. The maximum absolute atomic E-state index is 12.2. The van der Waals surface area contributed by atoms with Gasteiger partial charge in [-0.25, -0.2) is 9.59 Å². The molecule has 44 heavy (non-hydrogen) atoms. The number of rotatable bonds is 25. The summed E-state index contributed by atoms with van der Waals surface area (Å²) >= 11 is 0. The Labute approximate surface area is 257 Å². The van der Waals surface area contributed by atoms with Crippen molar-refractivity contribution >= 4 is 47.3 Å². The van der Waals surface area contributed by atoms with Gasteiger partial charge in [0.1, 0.15) is 17.9 Å². The summed E-state index contributed by atoms with van der Waals surface area (Å²) in [5.41, 5.74) is 0. The Bertz CT molecular complexity index is 990. The number of carbonyl (C=O) groups is 8. The summed E-state index contributed by atoms with van der Waals surface area (Å²) in [5.74, 6) is -4.69. The van der Waals surface area contributed by atoms with Crippen LogP contribution in [0, 0.1) is 0 Å². The molecule has 3 atom stereocenters. The molecule has 0 aromatic rings. The van der Waals surface area contributed by atoms with Crippen molar-refractivity contribution in [2.75, 3.05) is 26.7 Å². The minimum absolute atomic E-state index is 0.00997. The van der Waals surface area contributed by atoms with Gasteiger partial charge >= 0.3 is 11.9 Å². The van der Waals surface area contributed by atoms with Gasteiger partial charge in [0, 0.05) is 52.2 Å². The predicted octanol–water partition coefficient (Wildman–Crippen LogP) is -1.04. The zero-order valence-electron chi connectivity index (χ0n) is 25.8. The first-order valence-corrected chi connectivity index (χ1v) is 14.8. The fraction of sp³-hybridized carbons (Fsp3) is 0.714. The summed E-state index contributed by atoms with van der Waals surface area (Å²) in [6, 6.07) is -2.75. The highest BCUT2D eigenvalue weighted by Crippen LogP contribution is 2.04. The Kier molecular flexibility index (Phi) is 21.2. The lowest BCUT2D eigenvalue weighted by Gasteiger charge is -2.15. The standard InChI is InChI=1S/C28H48N6O10/c1-18(35)20(29-3)8-4-5-15-31-23(37)13-11-21(27(41)42)34-26(40)10-7-17-32-24(38)14-12-22(28(43)44)33-25(39)9-6-16-30-19(2)36/h20-22,29H,4-17H2,1-3H3,(H,30,36)(H,31,37)(H,32,38)(H,33,39)(H,34,40)(H,41,42)(H,43,44). The number of unbranched alkanes of at least 4 members (excludes halogenated alkanes) is 1. The third kappa shape index (κ3) is 20.7. The van der Waals surface area contributed by atoms with E-state index < -0.39 is 41.7 Å². The zero-order chi connectivity index (χ0) is 33.5. The fourth-order valence-corrected chi connectivity index (χ4v) is 4.02. The molecule has 0 aromatic heterocycles. The summed E-state index contributed by atoms with van der Waals surface area (Å²) in [6.45, 7) is 3.59. The number of aliphatic carboxylic acids is 2. The lowest BCUT2D eigenvalue weighted by atomic mass is 10.1. The Balaban J connectivity index is 4.26. The van der Waals surface area contributed by atoms with E-state index in [2.05, 4.69) is 31.9 Å². The fourth-order valence-electron chi connectivity index (χ4n) is 4.02. The summed E-state index contributed by atoms with van der Waals surface area (Å²) in [7, 11) is 1.71. The number of hydrogen-bond donors (Lipinski definition) is 8. The molecule has 16 nitrogen and oxygen atoms in total. The molecule has 0 radical (unpaired) electrons. The largest absolute Gasteiger partial charge is 0.480 e. The molecule has 3 unspecified atom stereocenters. The first kappa shape index (κ1) is 39.9. The van der Waals surface area contributed by atoms with Crippen LogP contribution in [0.15, 0.2) is 0 Å². The average Bonchev–Trinajstić information content (AvgIpc) is 2.94. The van der Waals surface area contributed by atoms with Gasteiger partial charge in [0.2, 0.25) is 29.5 Å². The Morgan fingerprint density at radius 3 is 1.34 bits per heavy atom. The molecule has 0 rings (SSSR count). The molecular formula is C28H48N6O10. The van der Waals surface area contributed by atoms with E-state index >= 15 is 0 Å². The Hall–Kier alpha value is -4.08. The van der Waals surface area contributed by atoms with Crippen LogP contribution in [0.25, 0.3) is 0 Å². The van der Waals surface area contributed by atoms with Crippen molar-refractivity contribution in [1.82, 2.24) is 31.9 Å². The van der Waals surface area contributed by atoms with Gasteiger partial charge in [0.25, 0.3) is 0 Å². The van der Waals surface area contributed by atoms with Crippen LogP contribution in [0.1, 0.15) is 84.5 Å². The third-order valence-electron chi connectivity index (χ3n) is 6.53. The van der Waals surface area contributed by atoms with E-state index in [1.54, 1.807) is 7.05 Å². The predicted molar refractivity (Wildman–Crippen MR) is 158 cm³/mol. The lowest BCUT2D eigenvalue weighted by molar-refractivity contribution is -0.142. The number of carboxylic acids is 2. The number of carboxylic acid groups (broad SMARTS) is 2. The van der Waals surface area contributed by atoms with Gasteiger partial charge in [-0.3, -0.25) is 28.8 Å². The first-order valence-electron chi connectivity index (χ1n) is 14.8. The van der Waals surface area contributed by atoms with Gasteiger partial charge in [0.15, 0.2) is 0 Å². The number of ketones is 1. The van der Waals surface area contributed by atoms with Crippen LogP contribution < -0.4 is 31.9 Å². The topological polar surface area (TPSA) is 249 Å². The molecule has 0 aliphatic heterocycles. The van der Waals surface area contributed by atoms with Crippen molar-refractivity contribution in [2.45, 2.75) is 103 Å². The van der Waals surface area contributed by atoms with Crippen LogP contribution in [0.5, 0.6) is 0 Å². The molecule has 0 aliphatic carbocycles. The SMILES string of the molecule is CNC(CCCCNC(=O)CCC(NC(=O)CCCNC(=O)CCC(NC(=O)CCCNC(C)=O)C(=O)O)C(=O)O)C(C)=O. The van der Waals surface area contributed by atoms with Crippen LogP contribution in [0.3, 0.4) is 0 Å². The number of nitrogens with one attached hydrogen (secondary N) is 6. The maximum Gasteiger partial charge on any atom is 0.326 e. The lowest BCUT2D eigenvalue weighted by Crippen LogP contribution is -2.42. The number of carbonyl (C=O) groups excluding carboxylic acids is 6. The summed E-state index contributed by atoms with van der Waals surface area (Å²) in [5, 5.41) is 34.1. The van der Waals surface area contributed by atoms with E-state index in [-0.39, 0.29) is 81.7 Å². The van der Waals surface area contributed by atoms with Crippen molar-refractivity contribution < 1.29 is 48.6 Å². The molecule has 0 saturated carbocycles. The average molecular weight is 629 g/mol. The quantitative estimate of drug-likeness (QED) is 0.0567. The van der Waals surface area contributed by atoms with E-state index in [0.717, 1.165) is 6.42 Å². The van der Waals surface area contributed by atoms with Crippen LogP contribution in [-0.2, 0) is 38.4 Å². The number of amides is 5. The maximum atomic E-state index is 12.2. The van der Waals surface area contributed by atoms with Crippen molar-refractivity contribution in [1.29, 1.82) is 0 Å². The summed E-state index contributed by atoms with van der Waals surface area (Å²) < 4.78 is 0. The van der Waals surface area contributed by atoms with Gasteiger partial charge in [-0.15, -0.1) is 0 Å². The molecule has 0 aromatic carbocycles. The van der Waals surface area contributed by atoms with Gasteiger partial charge in [-0.05, 0) is 58.9 Å². The normalized spacial score (nSPS) is 12.6. The van der Waals surface area contributed by atoms with Crippen LogP contribution in [-0.4, -0.2) is 102 Å². The van der Waals surface area contributed by atoms with Crippen molar-refractivity contribution in [3.63, 3.8) is 0 Å². The molecule has 250 valence electrons. The molecular weight excluding hydrogens is 580 g/mol. The van der Waals surface area contributed by atoms with Crippen molar-refractivity contribution in [2.24, 2.45) is 0 Å². The molecule has 0 bridgehead atoms. The minimum Gasteiger partial charge on any atom is -0.480 e. The van der Waals surface area contributed by atoms with E-state index in [9.17, 15) is 48.6 Å². The first-order chi connectivity index (χ1) is 20.8. The zero-order valence-corrected chi connectivity index (χ0v) is 25.8. The van der Waals surface area contributed by atoms with Crippen molar-refractivity contribution in [3.8, 4) is 0 Å². The summed E-state index contributed by atoms with van der Waals surface area (Å²) in [4.78, 5) is 93.4. The molecule has 0 aliphatic rings. The Morgan fingerprint density at radius 1 is 0.523 bits per heavy atom. The molecule has 8 N–H and O–H groups in total. The number of hydrogen-bond acceptors (Lipinski definition) is 9. The van der Waals surface area contributed by atoms with Crippen molar-refractivity contribution in [3.05, 3.63) is 0 Å². The Morgan fingerprint density at radius 2 is 0.955 bits per heavy atom. The van der Waals surface area contributed by atoms with Crippen LogP contribution in [0.4, 0.5) is 0 Å². The molecule has 0 fully saturated rings. The molecule has 0 spiro atoms. The van der Waals surface area contributed by atoms with Crippen LogP contribution in [0.2, 0.25) is 0 Å². The van der Waals surface area contributed by atoms with Gasteiger partial charge in [-0.1, -0.05) is 0 Å². The number of Topliss-reactive ketones (excluding diaryl/α,β-unsaturated/α-hetero) is 1. The molecule has 5 amide bonds. The van der Waals surface area contributed by atoms with E-state index in [0.29, 0.717) is 25.8 Å². The second kappa shape index (κ2) is 23.4. The monoisotopic (exact) mass is 628 g/mol. The highest BCUT2D eigenvalue weighted by molar-refractivity contribution is 5.85. The van der Waals surface area contributed by atoms with Gasteiger partial charge in [-0.2, -0.15) is 0 Å². The second-order valence-corrected chi connectivity index (χ2v) is 10.3. The van der Waals surface area contributed by atoms with Crippen LogP contribution >= 0.6 is 0 Å². The highest BCUT2D eigenvalue weighted by atomic mass is 16.4. The third-order valence-corrected chi connectivity index (χ3v) is 6.53. The van der Waals surface area contributed by atoms with Gasteiger partial charge in [0.05, 0.1) is 6.04 Å². The highest BCUT2D eigenvalue weighted by Gasteiger charge is 2.22. The van der Waals surface area contributed by atoms with E-state index in [4.69, 9.17) is 0 Å². The summed E-state index contributed by atoms with van der Waals surface area (Å²) in [6.07, 6.45) is 1.93. The molecule has 16 heteroatoms. The second-order valence-electron chi connectivity index (χ2n) is 10.3. The minimum atomic E-state index is -1.29. The smallest absolute Gasteiger partial charge is 0.326 e. The van der Waals surface area contributed by atoms with E-state index in [1.807, 2.05) is 0 Å². The number of likely N-dealkylation sites (N-methyl/N-ethyl adjacent to an activating group) is 1. The van der Waals surface area contributed by atoms with Gasteiger partial charge < -0.3 is 42.1 Å². The van der Waals surface area contributed by atoms with E-state index in [1.165, 1.54) is 13.8 Å².